The molecule has 1 unspecified atom stereocenters. The Morgan fingerprint density at radius 3 is 2.50 bits per heavy atom. The molecule has 8 heteroatoms. The molecule has 24 heavy (non-hydrogen) atoms. The van der Waals surface area contributed by atoms with E-state index in [-0.39, 0.29) is 17.3 Å². The third kappa shape index (κ3) is 3.92. The lowest BCUT2D eigenvalue weighted by Crippen LogP contribution is -2.30. The standard InChI is InChI=1S/C16H20N4O2S.ClH/c1-17-9-13-7-8-20(12-13)23(21,22)15-10-18-16(19-11-15)14-5-3-2-4-6-14;/h2-6,10-11,13,17H,7-9,12H2,1H3;1H. The summed E-state index contributed by atoms with van der Waals surface area (Å²) in [6.45, 7) is 1.92. The number of halogens is 1. The summed E-state index contributed by atoms with van der Waals surface area (Å²) in [5, 5.41) is 3.10. The molecule has 1 N–H and O–H groups in total. The summed E-state index contributed by atoms with van der Waals surface area (Å²) in [6.07, 6.45) is 3.68. The average Bonchev–Trinajstić information content (AvgIpc) is 3.06. The Hall–Kier alpha value is -1.54. The number of hydrogen-bond donors (Lipinski definition) is 1. The molecule has 1 saturated heterocycles. The van der Waals surface area contributed by atoms with Gasteiger partial charge < -0.3 is 5.32 Å². The molecule has 1 aliphatic rings. The zero-order chi connectivity index (χ0) is 16.3. The third-order valence-corrected chi connectivity index (χ3v) is 5.86. The molecule has 1 fully saturated rings. The summed E-state index contributed by atoms with van der Waals surface area (Å²) in [5.74, 6) is 0.887. The van der Waals surface area contributed by atoms with Gasteiger partial charge in [0, 0.05) is 18.7 Å². The van der Waals surface area contributed by atoms with Gasteiger partial charge in [0.2, 0.25) is 10.0 Å². The van der Waals surface area contributed by atoms with Gasteiger partial charge >= 0.3 is 0 Å². The van der Waals surface area contributed by atoms with Gasteiger partial charge in [0.1, 0.15) is 4.90 Å². The van der Waals surface area contributed by atoms with Crippen LogP contribution in [0.3, 0.4) is 0 Å². The van der Waals surface area contributed by atoms with E-state index < -0.39 is 10.0 Å². The minimum Gasteiger partial charge on any atom is -0.319 e. The highest BCUT2D eigenvalue weighted by atomic mass is 35.5. The van der Waals surface area contributed by atoms with E-state index in [0.717, 1.165) is 18.5 Å². The van der Waals surface area contributed by atoms with E-state index >= 15 is 0 Å². The Bertz CT molecular complexity index is 753. The highest BCUT2D eigenvalue weighted by Gasteiger charge is 2.32. The van der Waals surface area contributed by atoms with Gasteiger partial charge in [-0.3, -0.25) is 0 Å². The van der Waals surface area contributed by atoms with Gasteiger partial charge in [-0.15, -0.1) is 12.4 Å². The van der Waals surface area contributed by atoms with Crippen molar-refractivity contribution in [3.05, 3.63) is 42.7 Å². The van der Waals surface area contributed by atoms with E-state index in [1.807, 2.05) is 37.4 Å². The van der Waals surface area contributed by atoms with E-state index in [2.05, 4.69) is 15.3 Å². The van der Waals surface area contributed by atoms with Crippen LogP contribution >= 0.6 is 12.4 Å². The van der Waals surface area contributed by atoms with Gasteiger partial charge in [0.05, 0.1) is 12.4 Å². The molecule has 0 spiro atoms. The Morgan fingerprint density at radius 2 is 1.88 bits per heavy atom. The number of benzene rings is 1. The second-order valence-corrected chi connectivity index (χ2v) is 7.62. The van der Waals surface area contributed by atoms with Gasteiger partial charge in [0.25, 0.3) is 0 Å². The Balaban J connectivity index is 0.00000208. The van der Waals surface area contributed by atoms with Crippen LogP contribution in [0.4, 0.5) is 0 Å². The Labute approximate surface area is 148 Å². The van der Waals surface area contributed by atoms with Crippen molar-refractivity contribution in [2.24, 2.45) is 5.92 Å². The van der Waals surface area contributed by atoms with Crippen LogP contribution in [0.15, 0.2) is 47.6 Å². The van der Waals surface area contributed by atoms with Gasteiger partial charge in [-0.05, 0) is 25.9 Å². The lowest BCUT2D eigenvalue weighted by molar-refractivity contribution is 0.450. The first-order valence-corrected chi connectivity index (χ1v) is 9.07. The summed E-state index contributed by atoms with van der Waals surface area (Å²) in [6, 6.07) is 9.50. The molecule has 3 rings (SSSR count). The normalized spacial score (nSPS) is 18.3. The molecule has 2 aromatic rings. The lowest BCUT2D eigenvalue weighted by atomic mass is 10.1. The number of aromatic nitrogens is 2. The number of hydrogen-bond acceptors (Lipinski definition) is 5. The van der Waals surface area contributed by atoms with Crippen molar-refractivity contribution in [3.63, 3.8) is 0 Å². The minimum atomic E-state index is -3.51. The molecular weight excluding hydrogens is 348 g/mol. The van der Waals surface area contributed by atoms with Gasteiger partial charge in [-0.1, -0.05) is 30.3 Å². The number of nitrogens with one attached hydrogen (secondary N) is 1. The van der Waals surface area contributed by atoms with Crippen molar-refractivity contribution in [2.45, 2.75) is 11.3 Å². The van der Waals surface area contributed by atoms with E-state index in [1.165, 1.54) is 16.7 Å². The van der Waals surface area contributed by atoms with Crippen LogP contribution in [0.25, 0.3) is 11.4 Å². The zero-order valence-corrected chi connectivity index (χ0v) is 15.1. The third-order valence-electron chi connectivity index (χ3n) is 4.04. The maximum Gasteiger partial charge on any atom is 0.246 e. The summed E-state index contributed by atoms with van der Waals surface area (Å²) in [4.78, 5) is 8.58. The fraction of sp³-hybridized carbons (Fsp3) is 0.375. The van der Waals surface area contributed by atoms with E-state index in [9.17, 15) is 8.42 Å². The first-order valence-electron chi connectivity index (χ1n) is 7.63. The molecule has 0 radical (unpaired) electrons. The number of rotatable bonds is 5. The summed E-state index contributed by atoms with van der Waals surface area (Å²) in [7, 11) is -1.63. The average molecular weight is 369 g/mol. The van der Waals surface area contributed by atoms with Crippen molar-refractivity contribution in [2.75, 3.05) is 26.7 Å². The van der Waals surface area contributed by atoms with Gasteiger partial charge in [0.15, 0.2) is 5.82 Å². The van der Waals surface area contributed by atoms with Crippen molar-refractivity contribution < 1.29 is 8.42 Å². The van der Waals surface area contributed by atoms with Crippen molar-refractivity contribution >= 4 is 22.4 Å². The quantitative estimate of drug-likeness (QED) is 0.870. The molecule has 0 saturated carbocycles. The van der Waals surface area contributed by atoms with Crippen LogP contribution in [0.2, 0.25) is 0 Å². The molecule has 1 aromatic heterocycles. The van der Waals surface area contributed by atoms with Crippen molar-refractivity contribution in [1.82, 2.24) is 19.6 Å². The highest BCUT2D eigenvalue weighted by molar-refractivity contribution is 7.89. The predicted octanol–water partition coefficient (Wildman–Crippen LogP) is 1.80. The van der Waals surface area contributed by atoms with Crippen LogP contribution in [0.1, 0.15) is 6.42 Å². The summed E-state index contributed by atoms with van der Waals surface area (Å²) >= 11 is 0. The van der Waals surface area contributed by atoms with Crippen LogP contribution in [-0.4, -0.2) is 49.4 Å². The molecule has 6 nitrogen and oxygen atoms in total. The Kier molecular flexibility index (Phi) is 6.28. The van der Waals surface area contributed by atoms with Crippen molar-refractivity contribution in [1.29, 1.82) is 0 Å². The molecule has 1 atom stereocenters. The molecule has 0 amide bonds. The topological polar surface area (TPSA) is 75.2 Å². The van der Waals surface area contributed by atoms with Crippen LogP contribution in [-0.2, 0) is 10.0 Å². The first kappa shape index (κ1) is 18.8. The van der Waals surface area contributed by atoms with Crippen LogP contribution in [0, 0.1) is 5.92 Å². The van der Waals surface area contributed by atoms with Crippen LogP contribution < -0.4 is 5.32 Å². The first-order chi connectivity index (χ1) is 11.1. The Morgan fingerprint density at radius 1 is 1.21 bits per heavy atom. The predicted molar refractivity (Wildman–Crippen MR) is 95.5 cm³/mol. The van der Waals surface area contributed by atoms with Crippen molar-refractivity contribution in [3.8, 4) is 11.4 Å². The highest BCUT2D eigenvalue weighted by Crippen LogP contribution is 2.24. The largest absolute Gasteiger partial charge is 0.319 e. The minimum absolute atomic E-state index is 0. The summed E-state index contributed by atoms with van der Waals surface area (Å²) in [5.41, 5.74) is 0.867. The lowest BCUT2D eigenvalue weighted by Gasteiger charge is -2.16. The number of sulfonamides is 1. The zero-order valence-electron chi connectivity index (χ0n) is 13.4. The second kappa shape index (κ2) is 8.02. The maximum absolute atomic E-state index is 12.7. The van der Waals surface area contributed by atoms with E-state index in [0.29, 0.717) is 24.8 Å². The smallest absolute Gasteiger partial charge is 0.246 e. The SMILES string of the molecule is CNCC1CCN(S(=O)(=O)c2cnc(-c3ccccc3)nc2)C1.Cl. The molecule has 1 aliphatic heterocycles. The van der Waals surface area contributed by atoms with E-state index in [4.69, 9.17) is 0 Å². The fourth-order valence-electron chi connectivity index (χ4n) is 2.81. The summed E-state index contributed by atoms with van der Waals surface area (Å²) < 4.78 is 26.8. The van der Waals surface area contributed by atoms with Gasteiger partial charge in [-0.2, -0.15) is 4.31 Å². The fourth-order valence-corrected chi connectivity index (χ4v) is 4.23. The van der Waals surface area contributed by atoms with E-state index in [1.54, 1.807) is 0 Å². The molecule has 0 aliphatic carbocycles. The number of nitrogens with zero attached hydrogens (tertiary/aromatic N) is 3. The maximum atomic E-state index is 12.7. The van der Waals surface area contributed by atoms with Crippen LogP contribution in [0.5, 0.6) is 0 Å². The molecular formula is C16H21ClN4O2S. The molecule has 1 aromatic carbocycles. The molecule has 2 heterocycles. The monoisotopic (exact) mass is 368 g/mol. The second-order valence-electron chi connectivity index (χ2n) is 5.68. The van der Waals surface area contributed by atoms with Gasteiger partial charge in [-0.25, -0.2) is 18.4 Å². The molecule has 130 valence electrons. The molecule has 0 bridgehead atoms.